The number of ether oxygens (including phenoxy) is 1. The van der Waals surface area contributed by atoms with Crippen LogP contribution in [0.1, 0.15) is 13.3 Å². The topological polar surface area (TPSA) is 36.3 Å². The number of hydrogen-bond acceptors (Lipinski definition) is 3. The van der Waals surface area contributed by atoms with E-state index in [0.717, 1.165) is 16.8 Å². The van der Waals surface area contributed by atoms with Gasteiger partial charge >= 0.3 is 0 Å². The van der Waals surface area contributed by atoms with Crippen molar-refractivity contribution in [1.82, 2.24) is 4.90 Å². The largest absolute Gasteiger partial charge is 0.492 e. The van der Waals surface area contributed by atoms with Gasteiger partial charge < -0.3 is 4.74 Å². The average Bonchev–Trinajstić information content (AvgIpc) is 2.32. The summed E-state index contributed by atoms with van der Waals surface area (Å²) in [4.78, 5) is 2.13. The van der Waals surface area contributed by atoms with Crippen LogP contribution in [-0.2, 0) is 0 Å². The first-order valence-corrected chi connectivity index (χ1v) is 6.38. The van der Waals surface area contributed by atoms with E-state index in [1.165, 1.54) is 0 Å². The van der Waals surface area contributed by atoms with Crippen LogP contribution in [0, 0.1) is 11.3 Å². The molecule has 1 aromatic carbocycles. The van der Waals surface area contributed by atoms with E-state index in [1.54, 1.807) is 0 Å². The molecule has 4 heteroatoms. The Bertz CT molecular complexity index is 372. The summed E-state index contributed by atoms with van der Waals surface area (Å²) < 4.78 is 6.66. The summed E-state index contributed by atoms with van der Waals surface area (Å²) in [5, 5.41) is 8.60. The molecule has 0 aliphatic carbocycles. The van der Waals surface area contributed by atoms with Crippen LogP contribution in [-0.4, -0.2) is 31.1 Å². The smallest absolute Gasteiger partial charge is 0.119 e. The first-order valence-electron chi connectivity index (χ1n) is 5.59. The van der Waals surface area contributed by atoms with Gasteiger partial charge in [-0.15, -0.1) is 0 Å². The van der Waals surface area contributed by atoms with Gasteiger partial charge in [0, 0.05) is 17.1 Å². The summed E-state index contributed by atoms with van der Waals surface area (Å²) in [7, 11) is 2.01. The molecule has 0 N–H and O–H groups in total. The molecule has 1 rings (SSSR count). The van der Waals surface area contributed by atoms with Gasteiger partial charge in [-0.05, 0) is 38.2 Å². The number of hydrogen-bond donors (Lipinski definition) is 0. The zero-order chi connectivity index (χ0) is 12.7. The Kier molecular flexibility index (Phi) is 6.03. The molecule has 0 aromatic heterocycles. The second-order valence-electron chi connectivity index (χ2n) is 3.99. The minimum absolute atomic E-state index is 0.272. The monoisotopic (exact) mass is 296 g/mol. The average molecular weight is 297 g/mol. The minimum Gasteiger partial charge on any atom is -0.492 e. The van der Waals surface area contributed by atoms with Crippen molar-refractivity contribution in [3.63, 3.8) is 0 Å². The molecule has 1 unspecified atom stereocenters. The molecule has 0 amide bonds. The quantitative estimate of drug-likeness (QED) is 0.809. The molecule has 92 valence electrons. The summed E-state index contributed by atoms with van der Waals surface area (Å²) in [5.74, 6) is 0.870. The first kappa shape index (κ1) is 14.0. The zero-order valence-electron chi connectivity index (χ0n) is 10.2. The van der Waals surface area contributed by atoms with Gasteiger partial charge in [-0.3, -0.25) is 4.90 Å². The fraction of sp³-hybridized carbons (Fsp3) is 0.462. The summed E-state index contributed by atoms with van der Waals surface area (Å²) >= 11 is 3.38. The second kappa shape index (κ2) is 7.31. The lowest BCUT2D eigenvalue weighted by molar-refractivity contribution is 0.201. The maximum absolute atomic E-state index is 8.60. The highest BCUT2D eigenvalue weighted by atomic mass is 79.9. The van der Waals surface area contributed by atoms with E-state index in [1.807, 2.05) is 38.2 Å². The van der Waals surface area contributed by atoms with Crippen molar-refractivity contribution in [3.05, 3.63) is 28.7 Å². The van der Waals surface area contributed by atoms with E-state index in [9.17, 15) is 0 Å². The van der Waals surface area contributed by atoms with Crippen LogP contribution in [0.4, 0.5) is 0 Å². The molecule has 1 aromatic rings. The van der Waals surface area contributed by atoms with Gasteiger partial charge in [-0.25, -0.2) is 0 Å². The molecule has 0 aliphatic heterocycles. The van der Waals surface area contributed by atoms with Gasteiger partial charge in [0.25, 0.3) is 0 Å². The molecule has 0 heterocycles. The second-order valence-corrected chi connectivity index (χ2v) is 4.91. The molecular weight excluding hydrogens is 280 g/mol. The van der Waals surface area contributed by atoms with Crippen LogP contribution in [0.15, 0.2) is 28.7 Å². The van der Waals surface area contributed by atoms with Crippen molar-refractivity contribution in [3.8, 4) is 11.8 Å². The third-order valence-electron chi connectivity index (χ3n) is 2.67. The predicted octanol–water partition coefficient (Wildman–Crippen LogP) is 3.06. The van der Waals surface area contributed by atoms with Crippen molar-refractivity contribution in [2.75, 3.05) is 20.2 Å². The highest BCUT2D eigenvalue weighted by molar-refractivity contribution is 9.10. The van der Waals surface area contributed by atoms with E-state index >= 15 is 0 Å². The Morgan fingerprint density at radius 2 is 2.06 bits per heavy atom. The van der Waals surface area contributed by atoms with E-state index in [0.29, 0.717) is 13.0 Å². The van der Waals surface area contributed by atoms with E-state index < -0.39 is 0 Å². The Morgan fingerprint density at radius 3 is 2.65 bits per heavy atom. The van der Waals surface area contributed by atoms with Crippen molar-refractivity contribution in [2.24, 2.45) is 0 Å². The third-order valence-corrected chi connectivity index (χ3v) is 3.19. The van der Waals surface area contributed by atoms with Crippen molar-refractivity contribution in [2.45, 2.75) is 19.4 Å². The van der Waals surface area contributed by atoms with Crippen LogP contribution >= 0.6 is 15.9 Å². The van der Waals surface area contributed by atoms with Gasteiger partial charge in [0.05, 0.1) is 12.5 Å². The van der Waals surface area contributed by atoms with Gasteiger partial charge in [0.2, 0.25) is 0 Å². The van der Waals surface area contributed by atoms with E-state index in [2.05, 4.69) is 26.9 Å². The van der Waals surface area contributed by atoms with Crippen LogP contribution in [0.2, 0.25) is 0 Å². The predicted molar refractivity (Wildman–Crippen MR) is 72.0 cm³/mol. The minimum atomic E-state index is 0.272. The molecule has 3 nitrogen and oxygen atoms in total. The van der Waals surface area contributed by atoms with Crippen molar-refractivity contribution in [1.29, 1.82) is 5.26 Å². The highest BCUT2D eigenvalue weighted by Gasteiger charge is 2.07. The molecule has 0 bridgehead atoms. The molecule has 0 fully saturated rings. The molecular formula is C13H17BrN2O. The van der Waals surface area contributed by atoms with Crippen LogP contribution in [0.25, 0.3) is 0 Å². The standard InChI is InChI=1S/C13H17BrN2O/c1-11(7-8-15)16(2)9-10-17-13-5-3-12(14)4-6-13/h3-6,11H,7,9-10H2,1-2H3. The van der Waals surface area contributed by atoms with Crippen LogP contribution in [0.5, 0.6) is 5.75 Å². The number of benzene rings is 1. The maximum atomic E-state index is 8.60. The Balaban J connectivity index is 2.28. The highest BCUT2D eigenvalue weighted by Crippen LogP contribution is 2.16. The molecule has 0 aliphatic rings. The fourth-order valence-corrected chi connectivity index (χ4v) is 1.61. The summed E-state index contributed by atoms with van der Waals surface area (Å²) in [6.07, 6.45) is 0.550. The SMILES string of the molecule is CC(CC#N)N(C)CCOc1ccc(Br)cc1. The molecule has 0 spiro atoms. The number of likely N-dealkylation sites (N-methyl/N-ethyl adjacent to an activating group) is 1. The number of nitriles is 1. The zero-order valence-corrected chi connectivity index (χ0v) is 11.8. The Hall–Kier alpha value is -1.05. The van der Waals surface area contributed by atoms with Gasteiger partial charge in [0.15, 0.2) is 0 Å². The number of halogens is 1. The lowest BCUT2D eigenvalue weighted by Gasteiger charge is -2.22. The van der Waals surface area contributed by atoms with Crippen molar-refractivity contribution < 1.29 is 4.74 Å². The normalized spacial score (nSPS) is 12.2. The van der Waals surface area contributed by atoms with Gasteiger partial charge in [-0.2, -0.15) is 5.26 Å². The molecule has 0 radical (unpaired) electrons. The summed E-state index contributed by atoms with van der Waals surface area (Å²) in [6.45, 7) is 3.50. The maximum Gasteiger partial charge on any atom is 0.119 e. The van der Waals surface area contributed by atoms with E-state index in [4.69, 9.17) is 10.00 Å². The fourth-order valence-electron chi connectivity index (χ4n) is 1.35. The van der Waals surface area contributed by atoms with Gasteiger partial charge in [-0.1, -0.05) is 15.9 Å². The number of rotatable bonds is 6. The summed E-state index contributed by atoms with van der Waals surface area (Å²) in [5.41, 5.74) is 0. The summed E-state index contributed by atoms with van der Waals surface area (Å²) in [6, 6.07) is 10.2. The molecule has 17 heavy (non-hydrogen) atoms. The first-order chi connectivity index (χ1) is 8.13. The lowest BCUT2D eigenvalue weighted by atomic mass is 10.2. The lowest BCUT2D eigenvalue weighted by Crippen LogP contribution is -2.32. The van der Waals surface area contributed by atoms with E-state index in [-0.39, 0.29) is 6.04 Å². The van der Waals surface area contributed by atoms with Gasteiger partial charge in [0.1, 0.15) is 12.4 Å². The third kappa shape index (κ3) is 5.20. The Morgan fingerprint density at radius 1 is 1.41 bits per heavy atom. The van der Waals surface area contributed by atoms with Crippen LogP contribution in [0.3, 0.4) is 0 Å². The number of nitrogens with zero attached hydrogens (tertiary/aromatic N) is 2. The van der Waals surface area contributed by atoms with Crippen molar-refractivity contribution >= 4 is 15.9 Å². The molecule has 0 saturated carbocycles. The Labute approximate surface area is 111 Å². The van der Waals surface area contributed by atoms with Crippen LogP contribution < -0.4 is 4.74 Å². The molecule has 1 atom stereocenters. The molecule has 0 saturated heterocycles.